The van der Waals surface area contributed by atoms with Gasteiger partial charge in [-0.15, -0.1) is 11.3 Å². The van der Waals surface area contributed by atoms with Crippen LogP contribution in [0.2, 0.25) is 0 Å². The van der Waals surface area contributed by atoms with Crippen LogP contribution >= 0.6 is 11.3 Å². The molecule has 0 aliphatic rings. The molecule has 2 aromatic heterocycles. The maximum absolute atomic E-state index is 2.42. The van der Waals surface area contributed by atoms with Gasteiger partial charge in [0, 0.05) is 59.1 Å². The van der Waals surface area contributed by atoms with Crippen molar-refractivity contribution in [1.29, 1.82) is 0 Å². The minimum Gasteiger partial charge on any atom is -0.310 e. The lowest BCUT2D eigenvalue weighted by atomic mass is 9.98. The van der Waals surface area contributed by atoms with Crippen molar-refractivity contribution in [2.24, 2.45) is 0 Å². The number of hydrogen-bond acceptors (Lipinski definition) is 2. The average Bonchev–Trinajstić information content (AvgIpc) is 3.91. The number of hydrogen-bond donors (Lipinski definition) is 0. The molecule has 0 bridgehead atoms. The molecule has 0 saturated heterocycles. The first-order valence-corrected chi connectivity index (χ1v) is 22.3. The Balaban J connectivity index is 0.934. The van der Waals surface area contributed by atoms with E-state index in [-0.39, 0.29) is 0 Å². The lowest BCUT2D eigenvalue weighted by Crippen LogP contribution is -2.11. The third-order valence-electron chi connectivity index (χ3n) is 12.5. The molecule has 0 N–H and O–H groups in total. The van der Waals surface area contributed by atoms with E-state index in [4.69, 9.17) is 0 Å². The van der Waals surface area contributed by atoms with E-state index in [1.807, 2.05) is 11.3 Å². The Hall–Kier alpha value is -7.98. The number of rotatable bonds is 8. The summed E-state index contributed by atoms with van der Waals surface area (Å²) in [5.74, 6) is 0. The van der Waals surface area contributed by atoms with Gasteiger partial charge in [0.1, 0.15) is 0 Å². The van der Waals surface area contributed by atoms with Crippen LogP contribution < -0.4 is 4.90 Å². The molecule has 10 aromatic carbocycles. The third kappa shape index (κ3) is 6.50. The molecular weight excluding hydrogens is 781 g/mol. The molecule has 63 heavy (non-hydrogen) atoms. The first-order chi connectivity index (χ1) is 31.2. The highest BCUT2D eigenvalue weighted by molar-refractivity contribution is 7.26. The Kier molecular flexibility index (Phi) is 9.06. The van der Waals surface area contributed by atoms with Gasteiger partial charge in [-0.25, -0.2) is 0 Å². The fourth-order valence-corrected chi connectivity index (χ4v) is 10.6. The molecule has 296 valence electrons. The van der Waals surface area contributed by atoms with E-state index >= 15 is 0 Å². The van der Waals surface area contributed by atoms with Crippen molar-refractivity contribution < 1.29 is 0 Å². The van der Waals surface area contributed by atoms with Crippen LogP contribution in [0.1, 0.15) is 0 Å². The summed E-state index contributed by atoms with van der Waals surface area (Å²) in [6, 6.07) is 88.2. The number of anilines is 3. The molecule has 3 heteroatoms. The topological polar surface area (TPSA) is 8.17 Å². The molecule has 2 nitrogen and oxygen atoms in total. The first kappa shape index (κ1) is 36.8. The Morgan fingerprint density at radius 3 is 1.33 bits per heavy atom. The second-order valence-corrected chi connectivity index (χ2v) is 17.1. The van der Waals surface area contributed by atoms with Crippen LogP contribution in [-0.4, -0.2) is 4.57 Å². The van der Waals surface area contributed by atoms with E-state index in [0.29, 0.717) is 0 Å². The molecule has 0 aliphatic heterocycles. The second-order valence-electron chi connectivity index (χ2n) is 16.1. The highest BCUT2D eigenvalue weighted by Crippen LogP contribution is 2.46. The Morgan fingerprint density at radius 2 is 0.730 bits per heavy atom. The van der Waals surface area contributed by atoms with Crippen molar-refractivity contribution in [3.05, 3.63) is 243 Å². The van der Waals surface area contributed by atoms with E-state index in [9.17, 15) is 0 Å². The quantitative estimate of drug-likeness (QED) is 0.148. The predicted molar refractivity (Wildman–Crippen MR) is 270 cm³/mol. The van der Waals surface area contributed by atoms with Gasteiger partial charge in [0.15, 0.2) is 0 Å². The number of aromatic nitrogens is 1. The van der Waals surface area contributed by atoms with E-state index in [1.54, 1.807) is 0 Å². The van der Waals surface area contributed by atoms with Crippen LogP contribution in [0.15, 0.2) is 243 Å². The van der Waals surface area contributed by atoms with Gasteiger partial charge >= 0.3 is 0 Å². The molecule has 0 fully saturated rings. The van der Waals surface area contributed by atoms with Crippen molar-refractivity contribution in [3.8, 4) is 50.2 Å². The van der Waals surface area contributed by atoms with Crippen LogP contribution in [0.5, 0.6) is 0 Å². The molecular formula is C60H40N2S. The summed E-state index contributed by atoms with van der Waals surface area (Å²) in [6.45, 7) is 0. The molecule has 0 radical (unpaired) electrons. The highest BCUT2D eigenvalue weighted by Gasteiger charge is 2.20. The van der Waals surface area contributed by atoms with Gasteiger partial charge in [-0.1, -0.05) is 182 Å². The van der Waals surface area contributed by atoms with Crippen LogP contribution in [0, 0.1) is 0 Å². The molecule has 2 heterocycles. The molecule has 12 aromatic rings. The monoisotopic (exact) mass is 820 g/mol. The maximum Gasteiger partial charge on any atom is 0.0541 e. The van der Waals surface area contributed by atoms with Crippen LogP contribution in [0.4, 0.5) is 17.1 Å². The Morgan fingerprint density at radius 1 is 0.302 bits per heavy atom. The zero-order valence-electron chi connectivity index (χ0n) is 34.4. The molecule has 0 amide bonds. The van der Waals surface area contributed by atoms with Gasteiger partial charge in [-0.3, -0.25) is 0 Å². The van der Waals surface area contributed by atoms with Gasteiger partial charge < -0.3 is 9.47 Å². The van der Waals surface area contributed by atoms with Gasteiger partial charge in [-0.2, -0.15) is 0 Å². The largest absolute Gasteiger partial charge is 0.310 e. The summed E-state index contributed by atoms with van der Waals surface area (Å²) < 4.78 is 4.98. The first-order valence-electron chi connectivity index (χ1n) is 21.5. The fraction of sp³-hybridized carbons (Fsp3) is 0. The number of para-hydroxylation sites is 3. The number of benzene rings is 10. The zero-order chi connectivity index (χ0) is 41.7. The lowest BCUT2D eigenvalue weighted by molar-refractivity contribution is 1.18. The normalized spacial score (nSPS) is 11.5. The van der Waals surface area contributed by atoms with E-state index in [1.165, 1.54) is 86.5 Å². The molecule has 0 aliphatic carbocycles. The Labute approximate surface area is 370 Å². The molecule has 0 spiro atoms. The van der Waals surface area contributed by atoms with Gasteiger partial charge in [0.05, 0.1) is 16.7 Å². The van der Waals surface area contributed by atoms with Crippen molar-refractivity contribution in [2.45, 2.75) is 0 Å². The molecule has 0 atom stereocenters. The van der Waals surface area contributed by atoms with Crippen molar-refractivity contribution in [2.75, 3.05) is 4.90 Å². The van der Waals surface area contributed by atoms with Gasteiger partial charge in [0.2, 0.25) is 0 Å². The van der Waals surface area contributed by atoms with E-state index < -0.39 is 0 Å². The van der Waals surface area contributed by atoms with Gasteiger partial charge in [0.25, 0.3) is 0 Å². The minimum absolute atomic E-state index is 1.09. The second kappa shape index (κ2) is 15.5. The smallest absolute Gasteiger partial charge is 0.0541 e. The molecule has 0 saturated carbocycles. The Bertz CT molecular complexity index is 3530. The standard InChI is InChI=1S/C60H40N2S/c1-2-13-41(14-3-1)42-25-27-43(28-26-42)44-29-35-47(36-30-44)61(56-21-8-6-17-52(56)54-19-12-20-55-53-18-7-11-24-59(53)63-60(54)55)48-37-31-45(32-38-48)46-33-39-49(40-34-46)62-57-22-9-4-15-50(57)51-16-5-10-23-58(51)62/h1-40H. The van der Waals surface area contributed by atoms with Crippen LogP contribution in [0.25, 0.3) is 92.2 Å². The van der Waals surface area contributed by atoms with Crippen molar-refractivity contribution in [3.63, 3.8) is 0 Å². The summed E-state index contributed by atoms with van der Waals surface area (Å²) in [7, 11) is 0. The van der Waals surface area contributed by atoms with Crippen molar-refractivity contribution in [1.82, 2.24) is 4.57 Å². The zero-order valence-corrected chi connectivity index (χ0v) is 35.2. The minimum atomic E-state index is 1.09. The number of nitrogens with zero attached hydrogens (tertiary/aromatic N) is 2. The lowest BCUT2D eigenvalue weighted by Gasteiger charge is -2.28. The molecule has 12 rings (SSSR count). The summed E-state index contributed by atoms with van der Waals surface area (Å²) in [5.41, 5.74) is 16.5. The number of thiophene rings is 1. The van der Waals surface area contributed by atoms with Crippen molar-refractivity contribution >= 4 is 70.4 Å². The predicted octanol–water partition coefficient (Wildman–Crippen LogP) is 17.3. The summed E-state index contributed by atoms with van der Waals surface area (Å²) in [6.07, 6.45) is 0. The molecule has 0 unspecified atom stereocenters. The summed E-state index contributed by atoms with van der Waals surface area (Å²) in [5, 5.41) is 5.14. The van der Waals surface area contributed by atoms with E-state index in [0.717, 1.165) is 22.7 Å². The van der Waals surface area contributed by atoms with Crippen LogP contribution in [-0.2, 0) is 0 Å². The third-order valence-corrected chi connectivity index (χ3v) is 13.7. The maximum atomic E-state index is 2.42. The fourth-order valence-electron chi connectivity index (χ4n) is 9.38. The SMILES string of the molecule is c1ccc(-c2ccc(-c3ccc(N(c4ccc(-c5ccc(-n6c7ccccc7c7ccccc76)cc5)cc4)c4ccccc4-c4cccc5c4sc4ccccc45)cc3)cc2)cc1. The van der Waals surface area contributed by atoms with E-state index in [2.05, 4.69) is 252 Å². The average molecular weight is 821 g/mol. The summed E-state index contributed by atoms with van der Waals surface area (Å²) in [4.78, 5) is 2.42. The van der Waals surface area contributed by atoms with Crippen LogP contribution in [0.3, 0.4) is 0 Å². The van der Waals surface area contributed by atoms with Gasteiger partial charge in [-0.05, 0) is 94.0 Å². The summed E-state index contributed by atoms with van der Waals surface area (Å²) >= 11 is 1.87. The number of fused-ring (bicyclic) bond motifs is 6. The highest BCUT2D eigenvalue weighted by atomic mass is 32.1.